The zero-order chi connectivity index (χ0) is 15.8. The average Bonchev–Trinajstić information content (AvgIpc) is 2.61. The summed E-state index contributed by atoms with van der Waals surface area (Å²) in [6.45, 7) is 1.40. The Morgan fingerprint density at radius 2 is 1.83 bits per heavy atom. The minimum Gasteiger partial charge on any atom is -0.351 e. The van der Waals surface area contributed by atoms with Crippen LogP contribution in [0.25, 0.3) is 5.65 Å². The van der Waals surface area contributed by atoms with E-state index in [9.17, 15) is 9.59 Å². The molecule has 0 saturated carbocycles. The molecule has 0 fully saturated rings. The molecule has 0 N–H and O–H groups in total. The van der Waals surface area contributed by atoms with Crippen LogP contribution >= 0.6 is 0 Å². The van der Waals surface area contributed by atoms with Crippen molar-refractivity contribution in [3.05, 3.63) is 75.7 Å². The molecular weight excluding hydrogens is 290 g/mol. The molecule has 0 spiro atoms. The molecule has 0 atom stereocenters. The lowest BCUT2D eigenvalue weighted by Gasteiger charge is -2.30. The van der Waals surface area contributed by atoms with Gasteiger partial charge in [0.25, 0.3) is 5.56 Å². The van der Waals surface area contributed by atoms with Gasteiger partial charge in [-0.1, -0.05) is 30.3 Å². The molecule has 5 nitrogen and oxygen atoms in total. The number of pyridine rings is 1. The van der Waals surface area contributed by atoms with Crippen LogP contribution in [-0.2, 0) is 13.0 Å². The summed E-state index contributed by atoms with van der Waals surface area (Å²) in [5.74, 6) is 0.478. The Morgan fingerprint density at radius 1 is 1.04 bits per heavy atom. The van der Waals surface area contributed by atoms with E-state index in [0.29, 0.717) is 24.3 Å². The molecular formula is C18H15N3O2. The monoisotopic (exact) mass is 305 g/mol. The van der Waals surface area contributed by atoms with Crippen molar-refractivity contribution >= 4 is 17.8 Å². The lowest BCUT2D eigenvalue weighted by molar-refractivity contribution is 0.112. The topological polar surface area (TPSA) is 54.7 Å². The molecule has 0 amide bonds. The summed E-state index contributed by atoms with van der Waals surface area (Å²) < 4.78 is 1.41. The van der Waals surface area contributed by atoms with Crippen LogP contribution in [0, 0.1) is 0 Å². The van der Waals surface area contributed by atoms with E-state index in [2.05, 4.69) is 17.1 Å². The van der Waals surface area contributed by atoms with Gasteiger partial charge in [0.2, 0.25) is 0 Å². The van der Waals surface area contributed by atoms with Crippen LogP contribution in [0.1, 0.15) is 21.5 Å². The normalized spacial score (nSPS) is 13.8. The predicted molar refractivity (Wildman–Crippen MR) is 88.0 cm³/mol. The van der Waals surface area contributed by atoms with Crippen molar-refractivity contribution in [3.8, 4) is 0 Å². The third-order valence-corrected chi connectivity index (χ3v) is 4.30. The highest BCUT2D eigenvalue weighted by atomic mass is 16.1. The second-order valence-corrected chi connectivity index (χ2v) is 5.64. The summed E-state index contributed by atoms with van der Waals surface area (Å²) in [4.78, 5) is 30.6. The Hall–Kier alpha value is -2.95. The van der Waals surface area contributed by atoms with E-state index in [-0.39, 0.29) is 11.1 Å². The molecule has 0 aliphatic carbocycles. The molecule has 5 heteroatoms. The van der Waals surface area contributed by atoms with Gasteiger partial charge in [-0.3, -0.25) is 14.0 Å². The van der Waals surface area contributed by atoms with E-state index >= 15 is 0 Å². The summed E-state index contributed by atoms with van der Waals surface area (Å²) in [6.07, 6.45) is 3.13. The Labute approximate surface area is 132 Å². The number of benzene rings is 1. The second-order valence-electron chi connectivity index (χ2n) is 5.64. The number of hydrogen-bond acceptors (Lipinski definition) is 4. The molecule has 1 aliphatic rings. The predicted octanol–water partition coefficient (Wildman–Crippen LogP) is 2.07. The molecule has 0 unspecified atom stereocenters. The Kier molecular flexibility index (Phi) is 3.19. The van der Waals surface area contributed by atoms with Crippen molar-refractivity contribution in [2.45, 2.75) is 13.0 Å². The third-order valence-electron chi connectivity index (χ3n) is 4.30. The lowest BCUT2D eigenvalue weighted by atomic mass is 10.00. The Balaban J connectivity index is 1.86. The summed E-state index contributed by atoms with van der Waals surface area (Å²) in [5, 5.41) is 0. The van der Waals surface area contributed by atoms with Gasteiger partial charge in [0.15, 0.2) is 6.29 Å². The van der Waals surface area contributed by atoms with Crippen molar-refractivity contribution in [2.75, 3.05) is 11.4 Å². The maximum absolute atomic E-state index is 12.5. The molecule has 1 aliphatic heterocycles. The minimum atomic E-state index is -0.320. The van der Waals surface area contributed by atoms with Crippen LogP contribution in [0.5, 0.6) is 0 Å². The summed E-state index contributed by atoms with van der Waals surface area (Å²) >= 11 is 0. The number of carbonyl (C=O) groups is 1. The number of hydrogen-bond donors (Lipinski definition) is 0. The number of anilines is 1. The highest BCUT2D eigenvalue weighted by molar-refractivity contribution is 5.83. The van der Waals surface area contributed by atoms with Crippen molar-refractivity contribution < 1.29 is 4.79 Å². The first kappa shape index (κ1) is 13.7. The number of rotatable bonds is 2. The number of aldehydes is 1. The average molecular weight is 305 g/mol. The molecule has 23 heavy (non-hydrogen) atoms. The second kappa shape index (κ2) is 5.35. The molecule has 114 valence electrons. The molecule has 4 rings (SSSR count). The molecule has 3 heterocycles. The fraction of sp³-hybridized carbons (Fsp3) is 0.167. The standard InChI is InChI=1S/C18H15N3O2/c22-12-15-17(19-16-7-3-4-9-21(16)18(15)23)20-10-8-13-5-1-2-6-14(13)11-20/h1-7,9,12H,8,10-11H2. The molecule has 3 aromatic rings. The van der Waals surface area contributed by atoms with Gasteiger partial charge in [-0.2, -0.15) is 0 Å². The summed E-state index contributed by atoms with van der Waals surface area (Å²) in [6, 6.07) is 13.6. The van der Waals surface area contributed by atoms with E-state index in [4.69, 9.17) is 0 Å². The first-order valence-corrected chi connectivity index (χ1v) is 7.56. The fourth-order valence-electron chi connectivity index (χ4n) is 3.11. The number of fused-ring (bicyclic) bond motifs is 2. The Morgan fingerprint density at radius 3 is 2.65 bits per heavy atom. The summed E-state index contributed by atoms with van der Waals surface area (Å²) in [7, 11) is 0. The number of carbonyl (C=O) groups excluding carboxylic acids is 1. The van der Waals surface area contributed by atoms with Crippen LogP contribution in [0.4, 0.5) is 5.82 Å². The van der Waals surface area contributed by atoms with E-state index < -0.39 is 0 Å². The van der Waals surface area contributed by atoms with Gasteiger partial charge in [-0.15, -0.1) is 0 Å². The quantitative estimate of drug-likeness (QED) is 0.680. The maximum Gasteiger partial charge on any atom is 0.270 e. The number of nitrogens with zero attached hydrogens (tertiary/aromatic N) is 3. The zero-order valence-corrected chi connectivity index (χ0v) is 12.5. The largest absolute Gasteiger partial charge is 0.351 e. The van der Waals surface area contributed by atoms with Gasteiger partial charge in [0, 0.05) is 19.3 Å². The van der Waals surface area contributed by atoms with Gasteiger partial charge in [0.1, 0.15) is 17.0 Å². The maximum atomic E-state index is 12.5. The molecule has 1 aromatic carbocycles. The molecule has 0 bridgehead atoms. The van der Waals surface area contributed by atoms with Gasteiger partial charge in [-0.05, 0) is 29.7 Å². The van der Waals surface area contributed by atoms with Crippen molar-refractivity contribution in [1.29, 1.82) is 0 Å². The molecule has 0 saturated heterocycles. The fourth-order valence-corrected chi connectivity index (χ4v) is 3.11. The number of aromatic nitrogens is 2. The first-order valence-electron chi connectivity index (χ1n) is 7.56. The van der Waals surface area contributed by atoms with Crippen molar-refractivity contribution in [3.63, 3.8) is 0 Å². The van der Waals surface area contributed by atoms with Crippen LogP contribution in [0.2, 0.25) is 0 Å². The first-order chi connectivity index (χ1) is 11.3. The van der Waals surface area contributed by atoms with Crippen molar-refractivity contribution in [2.24, 2.45) is 0 Å². The smallest absolute Gasteiger partial charge is 0.270 e. The van der Waals surface area contributed by atoms with Crippen LogP contribution in [0.15, 0.2) is 53.5 Å². The van der Waals surface area contributed by atoms with Gasteiger partial charge in [0.05, 0.1) is 0 Å². The van der Waals surface area contributed by atoms with Gasteiger partial charge >= 0.3 is 0 Å². The molecule has 0 radical (unpaired) electrons. The third kappa shape index (κ3) is 2.21. The van der Waals surface area contributed by atoms with Crippen molar-refractivity contribution in [1.82, 2.24) is 9.38 Å². The Bertz CT molecular complexity index is 962. The zero-order valence-electron chi connectivity index (χ0n) is 12.5. The van der Waals surface area contributed by atoms with E-state index in [1.807, 2.05) is 23.1 Å². The lowest BCUT2D eigenvalue weighted by Crippen LogP contribution is -2.34. The summed E-state index contributed by atoms with van der Waals surface area (Å²) in [5.41, 5.74) is 2.88. The van der Waals surface area contributed by atoms with E-state index in [0.717, 1.165) is 13.0 Å². The molecule has 2 aromatic heterocycles. The van der Waals surface area contributed by atoms with Crippen LogP contribution < -0.4 is 10.5 Å². The SMILES string of the molecule is O=Cc1c(N2CCc3ccccc3C2)nc2ccccn2c1=O. The van der Waals surface area contributed by atoms with Gasteiger partial charge in [-0.25, -0.2) is 4.98 Å². The van der Waals surface area contributed by atoms with Gasteiger partial charge < -0.3 is 4.90 Å². The highest BCUT2D eigenvalue weighted by Gasteiger charge is 2.22. The van der Waals surface area contributed by atoms with Crippen LogP contribution in [-0.4, -0.2) is 22.2 Å². The van der Waals surface area contributed by atoms with E-state index in [1.165, 1.54) is 15.5 Å². The van der Waals surface area contributed by atoms with Crippen LogP contribution in [0.3, 0.4) is 0 Å². The highest BCUT2D eigenvalue weighted by Crippen LogP contribution is 2.24. The minimum absolute atomic E-state index is 0.119. The van der Waals surface area contributed by atoms with E-state index in [1.54, 1.807) is 18.3 Å².